The molecule has 0 spiro atoms. The topological polar surface area (TPSA) is 36.4 Å². The summed E-state index contributed by atoms with van der Waals surface area (Å²) in [5.74, 6) is 0. The maximum Gasteiger partial charge on any atom is 0.0726 e. The second kappa shape index (κ2) is 4.00. The third-order valence-corrected chi connectivity index (χ3v) is 3.49. The predicted molar refractivity (Wildman–Crippen MR) is 69.5 cm³/mol. The van der Waals surface area contributed by atoms with E-state index in [1.807, 2.05) is 6.07 Å². The summed E-state index contributed by atoms with van der Waals surface area (Å²) in [5, 5.41) is 10.3. The van der Waals surface area contributed by atoms with Crippen LogP contribution in [-0.2, 0) is 6.42 Å². The lowest BCUT2D eigenvalue weighted by molar-refractivity contribution is 0.303. The molecule has 0 amide bonds. The summed E-state index contributed by atoms with van der Waals surface area (Å²) in [5.41, 5.74) is 4.80. The highest BCUT2D eigenvalue weighted by Crippen LogP contribution is 2.36. The molecule has 88 valence electrons. The molecule has 0 fully saturated rings. The highest BCUT2D eigenvalue weighted by Gasteiger charge is 2.23. The Morgan fingerprint density at radius 3 is 3.00 bits per heavy atom. The number of fused-ring (bicyclic) bond motifs is 3. The van der Waals surface area contributed by atoms with Gasteiger partial charge in [-0.1, -0.05) is 18.2 Å². The second-order valence-corrected chi connectivity index (χ2v) is 4.50. The largest absolute Gasteiger partial charge is 0.395 e. The molecule has 3 nitrogen and oxygen atoms in total. The number of β-amino-alcohol motifs (C(OH)–C–C–N with tert-alkyl or cyclic N) is 1. The second-order valence-electron chi connectivity index (χ2n) is 4.50. The van der Waals surface area contributed by atoms with E-state index in [2.05, 4.69) is 35.0 Å². The molecule has 17 heavy (non-hydrogen) atoms. The molecule has 0 radical (unpaired) electrons. The Bertz CT molecular complexity index is 565. The first kappa shape index (κ1) is 10.5. The van der Waals surface area contributed by atoms with Crippen molar-refractivity contribution in [1.29, 1.82) is 0 Å². The van der Waals surface area contributed by atoms with Gasteiger partial charge in [0.25, 0.3) is 0 Å². The van der Waals surface area contributed by atoms with E-state index in [1.54, 1.807) is 0 Å². The number of aliphatic hydroxyl groups excluding tert-OH is 1. The minimum Gasteiger partial charge on any atom is -0.395 e. The lowest BCUT2D eigenvalue weighted by Gasteiger charge is -2.20. The lowest BCUT2D eigenvalue weighted by Crippen LogP contribution is -2.24. The number of hydrogen-bond donors (Lipinski definition) is 1. The van der Waals surface area contributed by atoms with Crippen molar-refractivity contribution >= 4 is 16.6 Å². The predicted octanol–water partition coefficient (Wildman–Crippen LogP) is 1.90. The van der Waals surface area contributed by atoms with Crippen LogP contribution in [0.4, 0.5) is 5.69 Å². The number of benzene rings is 1. The van der Waals surface area contributed by atoms with Crippen molar-refractivity contribution in [1.82, 2.24) is 4.98 Å². The van der Waals surface area contributed by atoms with Crippen molar-refractivity contribution in [3.63, 3.8) is 0 Å². The molecule has 1 aromatic heterocycles. The van der Waals surface area contributed by atoms with Gasteiger partial charge in [0.05, 0.1) is 17.8 Å². The van der Waals surface area contributed by atoms with Crippen molar-refractivity contribution in [3.05, 3.63) is 35.5 Å². The highest BCUT2D eigenvalue weighted by molar-refractivity contribution is 5.95. The van der Waals surface area contributed by atoms with Crippen LogP contribution in [0.1, 0.15) is 11.3 Å². The summed E-state index contributed by atoms with van der Waals surface area (Å²) < 4.78 is 0. The smallest absolute Gasteiger partial charge is 0.0726 e. The Morgan fingerprint density at radius 2 is 2.18 bits per heavy atom. The summed E-state index contributed by atoms with van der Waals surface area (Å²) >= 11 is 0. The molecule has 0 aliphatic carbocycles. The van der Waals surface area contributed by atoms with E-state index in [9.17, 15) is 0 Å². The highest BCUT2D eigenvalue weighted by atomic mass is 16.3. The fraction of sp³-hybridized carbons (Fsp3) is 0.357. The van der Waals surface area contributed by atoms with E-state index in [0.29, 0.717) is 6.54 Å². The number of anilines is 1. The molecule has 0 saturated carbocycles. The van der Waals surface area contributed by atoms with Crippen LogP contribution < -0.4 is 4.90 Å². The maximum absolute atomic E-state index is 9.14. The van der Waals surface area contributed by atoms with Gasteiger partial charge in [0.1, 0.15) is 0 Å². The Hall–Kier alpha value is -1.61. The Balaban J connectivity index is 2.26. The first-order valence-electron chi connectivity index (χ1n) is 6.05. The summed E-state index contributed by atoms with van der Waals surface area (Å²) in [7, 11) is 0. The molecule has 2 heterocycles. The molecule has 1 aliphatic heterocycles. The van der Waals surface area contributed by atoms with Crippen molar-refractivity contribution in [2.24, 2.45) is 0 Å². The van der Waals surface area contributed by atoms with Gasteiger partial charge in [-0.05, 0) is 25.0 Å². The summed E-state index contributed by atoms with van der Waals surface area (Å²) in [6.45, 7) is 3.98. The molecule has 1 N–H and O–H groups in total. The van der Waals surface area contributed by atoms with Crippen molar-refractivity contribution in [3.8, 4) is 0 Å². The van der Waals surface area contributed by atoms with Gasteiger partial charge >= 0.3 is 0 Å². The number of hydrogen-bond acceptors (Lipinski definition) is 3. The van der Waals surface area contributed by atoms with Gasteiger partial charge in [-0.2, -0.15) is 0 Å². The number of nitrogens with zero attached hydrogens (tertiary/aromatic N) is 2. The zero-order chi connectivity index (χ0) is 11.8. The third-order valence-electron chi connectivity index (χ3n) is 3.49. The standard InChI is InChI=1S/C14H16N2O/c1-10-11-6-7-16(8-9-17)14(11)12-4-2-3-5-13(12)15-10/h2-5,17H,6-9H2,1H3. The van der Waals surface area contributed by atoms with Gasteiger partial charge in [0.2, 0.25) is 0 Å². The molecular formula is C14H16N2O. The first-order valence-corrected chi connectivity index (χ1v) is 6.05. The molecular weight excluding hydrogens is 212 g/mol. The lowest BCUT2D eigenvalue weighted by atomic mass is 10.1. The van der Waals surface area contributed by atoms with E-state index >= 15 is 0 Å². The number of pyridine rings is 1. The maximum atomic E-state index is 9.14. The van der Waals surface area contributed by atoms with Gasteiger partial charge in [0, 0.05) is 24.2 Å². The molecule has 1 aromatic carbocycles. The summed E-state index contributed by atoms with van der Waals surface area (Å²) in [4.78, 5) is 6.92. The average Bonchev–Trinajstić information content (AvgIpc) is 2.75. The molecule has 0 atom stereocenters. The number of para-hydroxylation sites is 1. The fourth-order valence-electron chi connectivity index (χ4n) is 2.72. The number of aryl methyl sites for hydroxylation is 1. The molecule has 0 saturated heterocycles. The normalized spacial score (nSPS) is 14.4. The van der Waals surface area contributed by atoms with Gasteiger partial charge < -0.3 is 10.0 Å². The molecule has 1 aliphatic rings. The van der Waals surface area contributed by atoms with Crippen LogP contribution in [0.15, 0.2) is 24.3 Å². The van der Waals surface area contributed by atoms with E-state index in [1.165, 1.54) is 16.6 Å². The van der Waals surface area contributed by atoms with Gasteiger partial charge in [-0.15, -0.1) is 0 Å². The van der Waals surface area contributed by atoms with E-state index in [4.69, 9.17) is 5.11 Å². The van der Waals surface area contributed by atoms with Crippen molar-refractivity contribution in [2.75, 3.05) is 24.6 Å². The zero-order valence-corrected chi connectivity index (χ0v) is 9.98. The fourth-order valence-corrected chi connectivity index (χ4v) is 2.72. The Morgan fingerprint density at radius 1 is 1.35 bits per heavy atom. The number of rotatable bonds is 2. The minimum absolute atomic E-state index is 0.204. The van der Waals surface area contributed by atoms with Crippen molar-refractivity contribution in [2.45, 2.75) is 13.3 Å². The average molecular weight is 228 g/mol. The third kappa shape index (κ3) is 1.58. The number of aliphatic hydroxyl groups is 1. The minimum atomic E-state index is 0.204. The van der Waals surface area contributed by atoms with Crippen LogP contribution in [0.3, 0.4) is 0 Å². The zero-order valence-electron chi connectivity index (χ0n) is 9.98. The van der Waals surface area contributed by atoms with E-state index in [-0.39, 0.29) is 6.61 Å². The molecule has 3 rings (SSSR count). The molecule has 0 unspecified atom stereocenters. The molecule has 3 heteroatoms. The molecule has 0 bridgehead atoms. The van der Waals surface area contributed by atoms with Crippen LogP contribution in [0.5, 0.6) is 0 Å². The van der Waals surface area contributed by atoms with Gasteiger partial charge in [0.15, 0.2) is 0 Å². The van der Waals surface area contributed by atoms with Crippen LogP contribution in [0.25, 0.3) is 10.9 Å². The SMILES string of the molecule is Cc1nc2ccccc2c2c1CCN2CCO. The Kier molecular flexibility index (Phi) is 2.48. The van der Waals surface area contributed by atoms with E-state index < -0.39 is 0 Å². The van der Waals surface area contributed by atoms with Crippen LogP contribution in [0.2, 0.25) is 0 Å². The summed E-state index contributed by atoms with van der Waals surface area (Å²) in [6, 6.07) is 8.25. The monoisotopic (exact) mass is 228 g/mol. The van der Waals surface area contributed by atoms with Gasteiger partial charge in [-0.25, -0.2) is 0 Å². The quantitative estimate of drug-likeness (QED) is 0.852. The van der Waals surface area contributed by atoms with Crippen molar-refractivity contribution < 1.29 is 5.11 Å². The van der Waals surface area contributed by atoms with Gasteiger partial charge in [-0.3, -0.25) is 4.98 Å². The first-order chi connectivity index (χ1) is 8.31. The van der Waals surface area contributed by atoms with Crippen LogP contribution >= 0.6 is 0 Å². The van der Waals surface area contributed by atoms with Crippen LogP contribution in [-0.4, -0.2) is 29.8 Å². The molecule has 2 aromatic rings. The Labute approximate surface area is 101 Å². The van der Waals surface area contributed by atoms with E-state index in [0.717, 1.165) is 24.2 Å². The van der Waals surface area contributed by atoms with Crippen LogP contribution in [0, 0.1) is 6.92 Å². The number of aromatic nitrogens is 1. The summed E-state index contributed by atoms with van der Waals surface area (Å²) in [6.07, 6.45) is 1.04.